The summed E-state index contributed by atoms with van der Waals surface area (Å²) in [6, 6.07) is 4.00. The average Bonchev–Trinajstić information content (AvgIpc) is 2.53. The Kier molecular flexibility index (Phi) is 2.35. The number of fused-ring (bicyclic) bond motifs is 1. The van der Waals surface area contributed by atoms with E-state index in [1.54, 1.807) is 23.2 Å². The SMILES string of the molecule is C#Cc1cc(CC)cc2c1n(C)c(=O)n2C. The van der Waals surface area contributed by atoms with E-state index in [0.29, 0.717) is 0 Å². The van der Waals surface area contributed by atoms with Gasteiger partial charge in [0.1, 0.15) is 0 Å². The van der Waals surface area contributed by atoms with Gasteiger partial charge in [-0.05, 0) is 24.1 Å². The second-order valence-electron chi connectivity index (χ2n) is 3.91. The van der Waals surface area contributed by atoms with Crippen molar-refractivity contribution in [3.63, 3.8) is 0 Å². The first-order chi connectivity index (χ1) is 7.60. The number of terminal acetylenes is 1. The molecular formula is C13H14N2O. The molecule has 3 nitrogen and oxygen atoms in total. The normalized spacial score (nSPS) is 10.6. The van der Waals surface area contributed by atoms with Gasteiger partial charge in [-0.15, -0.1) is 6.42 Å². The number of aromatic nitrogens is 2. The minimum Gasteiger partial charge on any atom is -0.295 e. The molecule has 0 aliphatic carbocycles. The zero-order chi connectivity index (χ0) is 11.9. The summed E-state index contributed by atoms with van der Waals surface area (Å²) in [7, 11) is 3.52. The minimum atomic E-state index is -0.0419. The first-order valence-corrected chi connectivity index (χ1v) is 5.25. The molecule has 0 N–H and O–H groups in total. The highest BCUT2D eigenvalue weighted by molar-refractivity contribution is 5.83. The maximum Gasteiger partial charge on any atom is 0.328 e. The van der Waals surface area contributed by atoms with Gasteiger partial charge in [-0.25, -0.2) is 4.79 Å². The number of nitrogens with zero attached hydrogens (tertiary/aromatic N) is 2. The van der Waals surface area contributed by atoms with E-state index in [1.165, 1.54) is 0 Å². The fourth-order valence-electron chi connectivity index (χ4n) is 2.02. The molecule has 82 valence electrons. The molecule has 0 radical (unpaired) electrons. The van der Waals surface area contributed by atoms with Crippen molar-refractivity contribution in [2.75, 3.05) is 0 Å². The van der Waals surface area contributed by atoms with Crippen molar-refractivity contribution in [1.82, 2.24) is 9.13 Å². The zero-order valence-corrected chi connectivity index (χ0v) is 9.74. The van der Waals surface area contributed by atoms with E-state index in [1.807, 2.05) is 12.1 Å². The van der Waals surface area contributed by atoms with E-state index < -0.39 is 0 Å². The predicted molar refractivity (Wildman–Crippen MR) is 65.5 cm³/mol. The first-order valence-electron chi connectivity index (χ1n) is 5.25. The molecule has 0 saturated heterocycles. The van der Waals surface area contributed by atoms with Gasteiger partial charge >= 0.3 is 5.69 Å². The summed E-state index contributed by atoms with van der Waals surface area (Å²) in [5.74, 6) is 2.65. The molecule has 2 rings (SSSR count). The van der Waals surface area contributed by atoms with Crippen molar-refractivity contribution in [1.29, 1.82) is 0 Å². The Balaban J connectivity index is 3.03. The Hall–Kier alpha value is -1.95. The lowest BCUT2D eigenvalue weighted by molar-refractivity contribution is 0.795. The molecule has 0 atom stereocenters. The van der Waals surface area contributed by atoms with Crippen LogP contribution in [0.5, 0.6) is 0 Å². The van der Waals surface area contributed by atoms with Gasteiger partial charge in [0.05, 0.1) is 16.6 Å². The van der Waals surface area contributed by atoms with E-state index in [-0.39, 0.29) is 5.69 Å². The number of aryl methyl sites for hydroxylation is 3. The number of rotatable bonds is 1. The van der Waals surface area contributed by atoms with Crippen LogP contribution in [0.25, 0.3) is 11.0 Å². The van der Waals surface area contributed by atoms with Crippen LogP contribution in [0.3, 0.4) is 0 Å². The average molecular weight is 214 g/mol. The second-order valence-corrected chi connectivity index (χ2v) is 3.91. The van der Waals surface area contributed by atoms with Gasteiger partial charge in [0.25, 0.3) is 0 Å². The van der Waals surface area contributed by atoms with Crippen LogP contribution < -0.4 is 5.69 Å². The summed E-state index contributed by atoms with van der Waals surface area (Å²) < 4.78 is 3.24. The highest BCUT2D eigenvalue weighted by Gasteiger charge is 2.11. The van der Waals surface area contributed by atoms with Crippen LogP contribution in [-0.4, -0.2) is 9.13 Å². The quantitative estimate of drug-likeness (QED) is 0.659. The van der Waals surface area contributed by atoms with Gasteiger partial charge in [-0.3, -0.25) is 9.13 Å². The number of hydrogen-bond donors (Lipinski definition) is 0. The van der Waals surface area contributed by atoms with Crippen LogP contribution in [0, 0.1) is 12.3 Å². The molecule has 0 spiro atoms. The van der Waals surface area contributed by atoms with Crippen LogP contribution in [0.2, 0.25) is 0 Å². The van der Waals surface area contributed by atoms with Crippen molar-refractivity contribution < 1.29 is 0 Å². The lowest BCUT2D eigenvalue weighted by atomic mass is 10.1. The second kappa shape index (κ2) is 3.57. The smallest absolute Gasteiger partial charge is 0.295 e. The third kappa shape index (κ3) is 1.27. The molecule has 3 heteroatoms. The lowest BCUT2D eigenvalue weighted by Crippen LogP contribution is -2.19. The molecule has 2 aromatic rings. The van der Waals surface area contributed by atoms with Gasteiger partial charge in [0, 0.05) is 14.1 Å². The topological polar surface area (TPSA) is 26.9 Å². The molecular weight excluding hydrogens is 200 g/mol. The van der Waals surface area contributed by atoms with Gasteiger partial charge < -0.3 is 0 Å². The van der Waals surface area contributed by atoms with E-state index >= 15 is 0 Å². The molecule has 0 aliphatic rings. The molecule has 0 unspecified atom stereocenters. The third-order valence-corrected chi connectivity index (χ3v) is 2.98. The van der Waals surface area contributed by atoms with Crippen LogP contribution >= 0.6 is 0 Å². The maximum atomic E-state index is 11.8. The summed E-state index contributed by atoms with van der Waals surface area (Å²) in [6.07, 6.45) is 6.40. The van der Waals surface area contributed by atoms with Crippen LogP contribution in [0.15, 0.2) is 16.9 Å². The van der Waals surface area contributed by atoms with Crippen molar-refractivity contribution in [3.05, 3.63) is 33.7 Å². The number of imidazole rings is 1. The largest absolute Gasteiger partial charge is 0.328 e. The maximum absolute atomic E-state index is 11.8. The molecule has 16 heavy (non-hydrogen) atoms. The van der Waals surface area contributed by atoms with Gasteiger partial charge in [-0.1, -0.05) is 12.8 Å². The third-order valence-electron chi connectivity index (χ3n) is 2.98. The minimum absolute atomic E-state index is 0.0419. The molecule has 0 saturated carbocycles. The van der Waals surface area contributed by atoms with Crippen molar-refractivity contribution in [2.45, 2.75) is 13.3 Å². The van der Waals surface area contributed by atoms with E-state index in [0.717, 1.165) is 28.6 Å². The Labute approximate surface area is 94.3 Å². The fourth-order valence-corrected chi connectivity index (χ4v) is 2.02. The Morgan fingerprint density at radius 2 is 2.00 bits per heavy atom. The van der Waals surface area contributed by atoms with Gasteiger partial charge in [0.15, 0.2) is 0 Å². The zero-order valence-electron chi connectivity index (χ0n) is 9.74. The predicted octanol–water partition coefficient (Wildman–Crippen LogP) is 1.42. The van der Waals surface area contributed by atoms with Crippen LogP contribution in [-0.2, 0) is 20.5 Å². The van der Waals surface area contributed by atoms with Crippen LogP contribution in [0.4, 0.5) is 0 Å². The monoisotopic (exact) mass is 214 g/mol. The summed E-state index contributed by atoms with van der Waals surface area (Å²) >= 11 is 0. The standard InChI is InChI=1S/C13H14N2O/c1-5-9-7-10(6-2)12-11(8-9)14(3)13(16)15(12)4/h2,7-8H,5H2,1,3-4H3. The Morgan fingerprint density at radius 3 is 2.56 bits per heavy atom. The highest BCUT2D eigenvalue weighted by Crippen LogP contribution is 2.19. The summed E-state index contributed by atoms with van der Waals surface area (Å²) in [5, 5.41) is 0. The molecule has 0 amide bonds. The molecule has 1 aromatic heterocycles. The molecule has 0 bridgehead atoms. The fraction of sp³-hybridized carbons (Fsp3) is 0.308. The molecule has 1 heterocycles. The lowest BCUT2D eigenvalue weighted by Gasteiger charge is -2.02. The summed E-state index contributed by atoms with van der Waals surface area (Å²) in [4.78, 5) is 11.8. The Morgan fingerprint density at radius 1 is 1.31 bits per heavy atom. The summed E-state index contributed by atoms with van der Waals surface area (Å²) in [5.41, 5.74) is 3.64. The molecule has 0 fully saturated rings. The van der Waals surface area contributed by atoms with Crippen molar-refractivity contribution in [2.24, 2.45) is 14.1 Å². The molecule has 0 aliphatic heterocycles. The van der Waals surface area contributed by atoms with Crippen LogP contribution in [0.1, 0.15) is 18.1 Å². The van der Waals surface area contributed by atoms with Crippen molar-refractivity contribution >= 4 is 11.0 Å². The van der Waals surface area contributed by atoms with E-state index in [2.05, 4.69) is 12.8 Å². The van der Waals surface area contributed by atoms with Crippen molar-refractivity contribution in [3.8, 4) is 12.3 Å². The summed E-state index contributed by atoms with van der Waals surface area (Å²) in [6.45, 7) is 2.07. The van der Waals surface area contributed by atoms with Gasteiger partial charge in [0.2, 0.25) is 0 Å². The Bertz CT molecular complexity index is 653. The number of hydrogen-bond acceptors (Lipinski definition) is 1. The van der Waals surface area contributed by atoms with E-state index in [9.17, 15) is 4.79 Å². The number of benzene rings is 1. The van der Waals surface area contributed by atoms with E-state index in [4.69, 9.17) is 6.42 Å². The highest BCUT2D eigenvalue weighted by atomic mass is 16.1. The molecule has 1 aromatic carbocycles. The van der Waals surface area contributed by atoms with Gasteiger partial charge in [-0.2, -0.15) is 0 Å². The first kappa shape index (κ1) is 10.6.